The zero-order valence-electron chi connectivity index (χ0n) is 26.5. The van der Waals surface area contributed by atoms with Crippen LogP contribution >= 0.6 is 11.6 Å². The average molecular weight is 664 g/mol. The Morgan fingerprint density at radius 2 is 1.96 bits per heavy atom. The second-order valence-electron chi connectivity index (χ2n) is 12.2. The van der Waals surface area contributed by atoms with E-state index in [4.69, 9.17) is 16.3 Å². The average Bonchev–Trinajstić information content (AvgIpc) is 3.38. The van der Waals surface area contributed by atoms with Crippen molar-refractivity contribution in [3.8, 4) is 17.3 Å². The molecule has 3 aromatic rings. The number of amides is 1. The van der Waals surface area contributed by atoms with Gasteiger partial charge in [-0.25, -0.2) is 9.37 Å². The molecular weight excluding hydrogens is 626 g/mol. The van der Waals surface area contributed by atoms with Crippen LogP contribution in [0.15, 0.2) is 24.8 Å². The van der Waals surface area contributed by atoms with E-state index in [1.165, 1.54) is 25.1 Å². The lowest BCUT2D eigenvalue weighted by Gasteiger charge is -2.40. The van der Waals surface area contributed by atoms with E-state index < -0.39 is 28.8 Å². The Morgan fingerprint density at radius 1 is 1.22 bits per heavy atom. The lowest BCUT2D eigenvalue weighted by atomic mass is 9.98. The molecule has 2 aliphatic heterocycles. The molecule has 248 valence electrons. The molecule has 2 unspecified atom stereocenters. The SMILES string of the molecule is C=CC(=O)N1CCN(c2nc(OCC3CCCN3C)nc3c(F)c(-c4nc(NC(C)C)cc(C)c4C(F)(F)F)c(Cl)cc23)C(C)C1. The topological polar surface area (TPSA) is 86.7 Å². The molecule has 2 aromatic heterocycles. The van der Waals surface area contributed by atoms with Gasteiger partial charge in [-0.1, -0.05) is 18.2 Å². The molecular formula is C32H38ClF4N7O2. The maximum atomic E-state index is 16.8. The minimum Gasteiger partial charge on any atom is -0.462 e. The molecule has 4 heterocycles. The van der Waals surface area contributed by atoms with E-state index in [9.17, 15) is 18.0 Å². The Balaban J connectivity index is 1.69. The highest BCUT2D eigenvalue weighted by Gasteiger charge is 2.39. The number of pyridine rings is 1. The van der Waals surface area contributed by atoms with Gasteiger partial charge in [0, 0.05) is 43.1 Å². The van der Waals surface area contributed by atoms with Crippen LogP contribution in [0.25, 0.3) is 22.2 Å². The summed E-state index contributed by atoms with van der Waals surface area (Å²) in [6.45, 7) is 12.6. The highest BCUT2D eigenvalue weighted by atomic mass is 35.5. The number of aryl methyl sites for hydroxylation is 1. The van der Waals surface area contributed by atoms with Crippen LogP contribution in [0, 0.1) is 12.7 Å². The number of alkyl halides is 3. The highest BCUT2D eigenvalue weighted by Crippen LogP contribution is 2.45. The first-order valence-corrected chi connectivity index (χ1v) is 15.6. The van der Waals surface area contributed by atoms with Crippen LogP contribution in [-0.2, 0) is 11.0 Å². The molecule has 2 atom stereocenters. The number of fused-ring (bicyclic) bond motifs is 1. The van der Waals surface area contributed by atoms with Gasteiger partial charge in [0.15, 0.2) is 5.82 Å². The van der Waals surface area contributed by atoms with Crippen molar-refractivity contribution < 1.29 is 27.1 Å². The van der Waals surface area contributed by atoms with Gasteiger partial charge in [0.25, 0.3) is 0 Å². The normalized spacial score (nSPS) is 19.3. The summed E-state index contributed by atoms with van der Waals surface area (Å²) < 4.78 is 66.2. The quantitative estimate of drug-likeness (QED) is 0.221. The second kappa shape index (κ2) is 13.2. The fraction of sp³-hybridized carbons (Fsp3) is 0.500. The fourth-order valence-corrected chi connectivity index (χ4v) is 6.49. The number of ether oxygens (including phenoxy) is 1. The molecule has 0 bridgehead atoms. The molecule has 0 radical (unpaired) electrons. The van der Waals surface area contributed by atoms with E-state index in [1.807, 2.05) is 32.7 Å². The van der Waals surface area contributed by atoms with Crippen LogP contribution in [0.1, 0.15) is 44.7 Å². The van der Waals surface area contributed by atoms with E-state index in [1.54, 1.807) is 4.90 Å². The minimum atomic E-state index is -4.84. The predicted octanol–water partition coefficient (Wildman–Crippen LogP) is 6.33. The summed E-state index contributed by atoms with van der Waals surface area (Å²) in [6.07, 6.45) is -1.67. The number of aromatic nitrogens is 3. The molecule has 1 N–H and O–H groups in total. The van der Waals surface area contributed by atoms with Crippen molar-refractivity contribution in [3.05, 3.63) is 46.8 Å². The van der Waals surface area contributed by atoms with Gasteiger partial charge in [-0.05, 0) is 77.9 Å². The van der Waals surface area contributed by atoms with Gasteiger partial charge in [-0.15, -0.1) is 0 Å². The van der Waals surface area contributed by atoms with Crippen LogP contribution in [0.3, 0.4) is 0 Å². The summed E-state index contributed by atoms with van der Waals surface area (Å²) in [6, 6.07) is 2.26. The van der Waals surface area contributed by atoms with Crippen LogP contribution < -0.4 is 15.0 Å². The standard InChI is InChI=1S/C32H38ClF4N7O2/c1-7-24(45)43-11-12-44(19(5)15-43)30-21-14-22(33)25(29-26(32(35,36)37)18(4)13-23(39-29)38-17(2)3)27(34)28(21)40-31(41-30)46-16-20-9-8-10-42(20)6/h7,13-14,17,19-20H,1,8-12,15-16H2,2-6H3,(H,38,39). The Morgan fingerprint density at radius 3 is 2.57 bits per heavy atom. The molecule has 2 fully saturated rings. The zero-order chi connectivity index (χ0) is 33.5. The van der Waals surface area contributed by atoms with Crippen LogP contribution in [0.4, 0.5) is 29.2 Å². The molecule has 0 aliphatic carbocycles. The van der Waals surface area contributed by atoms with Crippen molar-refractivity contribution in [1.29, 1.82) is 0 Å². The maximum absolute atomic E-state index is 16.8. The summed E-state index contributed by atoms with van der Waals surface area (Å²) >= 11 is 6.67. The Kier molecular flexibility index (Phi) is 9.65. The number of anilines is 2. The highest BCUT2D eigenvalue weighted by molar-refractivity contribution is 6.34. The van der Waals surface area contributed by atoms with Gasteiger partial charge in [0.05, 0.1) is 21.8 Å². The van der Waals surface area contributed by atoms with Crippen molar-refractivity contribution in [1.82, 2.24) is 24.8 Å². The van der Waals surface area contributed by atoms with E-state index >= 15 is 4.39 Å². The number of likely N-dealkylation sites (N-methyl/N-ethyl adjacent to an activating group) is 1. The molecule has 2 aliphatic rings. The first-order chi connectivity index (χ1) is 21.7. The van der Waals surface area contributed by atoms with Gasteiger partial charge < -0.3 is 24.8 Å². The van der Waals surface area contributed by atoms with E-state index in [2.05, 4.69) is 31.7 Å². The van der Waals surface area contributed by atoms with Gasteiger partial charge in [-0.3, -0.25) is 4.79 Å². The largest absolute Gasteiger partial charge is 0.462 e. The fourth-order valence-electron chi connectivity index (χ4n) is 6.20. The van der Waals surface area contributed by atoms with Crippen LogP contribution in [0.2, 0.25) is 5.02 Å². The van der Waals surface area contributed by atoms with Gasteiger partial charge >= 0.3 is 12.2 Å². The van der Waals surface area contributed by atoms with Crippen molar-refractivity contribution in [2.24, 2.45) is 0 Å². The number of likely N-dealkylation sites (tertiary alicyclic amines) is 1. The van der Waals surface area contributed by atoms with Crippen LogP contribution in [-0.4, -0.2) is 88.6 Å². The zero-order valence-corrected chi connectivity index (χ0v) is 27.3. The molecule has 46 heavy (non-hydrogen) atoms. The number of carbonyl (C=O) groups excluding carboxylic acids is 1. The molecule has 9 nitrogen and oxygen atoms in total. The molecule has 0 spiro atoms. The van der Waals surface area contributed by atoms with E-state index in [0.29, 0.717) is 25.5 Å². The third-order valence-electron chi connectivity index (χ3n) is 8.48. The van der Waals surface area contributed by atoms with Gasteiger partial charge in [0.1, 0.15) is 23.8 Å². The molecule has 1 aromatic carbocycles. The smallest absolute Gasteiger partial charge is 0.418 e. The number of halogens is 5. The van der Waals surface area contributed by atoms with Crippen molar-refractivity contribution in [2.45, 2.75) is 64.8 Å². The molecule has 0 saturated carbocycles. The lowest BCUT2D eigenvalue weighted by Crippen LogP contribution is -2.53. The summed E-state index contributed by atoms with van der Waals surface area (Å²) in [5.41, 5.74) is -2.62. The summed E-state index contributed by atoms with van der Waals surface area (Å²) in [4.78, 5) is 31.3. The predicted molar refractivity (Wildman–Crippen MR) is 171 cm³/mol. The summed E-state index contributed by atoms with van der Waals surface area (Å²) in [5, 5.41) is 2.93. The van der Waals surface area contributed by atoms with Gasteiger partial charge in [0.2, 0.25) is 5.91 Å². The molecule has 2 saturated heterocycles. The lowest BCUT2D eigenvalue weighted by molar-refractivity contribution is -0.137. The summed E-state index contributed by atoms with van der Waals surface area (Å²) in [7, 11) is 1.99. The monoisotopic (exact) mass is 663 g/mol. The number of nitrogens with one attached hydrogen (secondary N) is 1. The number of nitrogens with zero attached hydrogens (tertiary/aromatic N) is 6. The number of piperazine rings is 1. The van der Waals surface area contributed by atoms with Crippen molar-refractivity contribution in [2.75, 3.05) is 50.1 Å². The van der Waals surface area contributed by atoms with Crippen molar-refractivity contribution >= 4 is 40.0 Å². The first kappa shape index (κ1) is 33.6. The van der Waals surface area contributed by atoms with Crippen molar-refractivity contribution in [3.63, 3.8) is 0 Å². The maximum Gasteiger partial charge on any atom is 0.418 e. The molecule has 14 heteroatoms. The Labute approximate surface area is 270 Å². The Bertz CT molecular complexity index is 1650. The number of rotatable bonds is 8. The van der Waals surface area contributed by atoms with Crippen LogP contribution in [0.5, 0.6) is 6.01 Å². The number of carbonyl (C=O) groups is 1. The number of hydrogen-bond acceptors (Lipinski definition) is 8. The molecule has 1 amide bonds. The summed E-state index contributed by atoms with van der Waals surface area (Å²) in [5.74, 6) is -0.818. The first-order valence-electron chi connectivity index (χ1n) is 15.3. The second-order valence-corrected chi connectivity index (χ2v) is 12.6. The third kappa shape index (κ3) is 6.71. The minimum absolute atomic E-state index is 0.109. The number of benzene rings is 1. The number of hydrogen-bond donors (Lipinski definition) is 1. The van der Waals surface area contributed by atoms with E-state index in [-0.39, 0.29) is 64.0 Å². The van der Waals surface area contributed by atoms with E-state index in [0.717, 1.165) is 19.4 Å². The third-order valence-corrected chi connectivity index (χ3v) is 8.78. The molecule has 5 rings (SSSR count). The van der Waals surface area contributed by atoms with Gasteiger partial charge in [-0.2, -0.15) is 23.1 Å². The Hall–Kier alpha value is -3.71.